The molecule has 0 atom stereocenters. The van der Waals surface area contributed by atoms with Gasteiger partial charge in [-0.05, 0) is 31.9 Å². The van der Waals surface area contributed by atoms with Crippen LogP contribution in [0.3, 0.4) is 0 Å². The summed E-state index contributed by atoms with van der Waals surface area (Å²) in [5.41, 5.74) is 0. The zero-order valence-corrected chi connectivity index (χ0v) is 11.9. The lowest BCUT2D eigenvalue weighted by molar-refractivity contribution is 0.193. The molecule has 2 N–H and O–H groups in total. The first kappa shape index (κ1) is 15.6. The van der Waals surface area contributed by atoms with Crippen LogP contribution < -0.4 is 10.6 Å². The molecule has 5 heteroatoms. The van der Waals surface area contributed by atoms with Crippen LogP contribution in [0.4, 0.5) is 0 Å². The molecule has 0 aliphatic carbocycles. The number of hydrogen-bond acceptors (Lipinski definition) is 3. The molecule has 1 heterocycles. The van der Waals surface area contributed by atoms with Crippen LogP contribution >= 0.6 is 0 Å². The van der Waals surface area contributed by atoms with Gasteiger partial charge in [-0.1, -0.05) is 0 Å². The van der Waals surface area contributed by atoms with Crippen molar-refractivity contribution in [1.82, 2.24) is 10.6 Å². The third-order valence-corrected chi connectivity index (χ3v) is 2.61. The van der Waals surface area contributed by atoms with Crippen LogP contribution in [-0.4, -0.2) is 39.3 Å². The molecule has 0 aliphatic heterocycles. The zero-order chi connectivity index (χ0) is 13.8. The quantitative estimate of drug-likeness (QED) is 0.407. The lowest BCUT2D eigenvalue weighted by atomic mass is 10.3. The highest BCUT2D eigenvalue weighted by Crippen LogP contribution is 1.99. The van der Waals surface area contributed by atoms with Crippen molar-refractivity contribution in [1.29, 1.82) is 0 Å². The van der Waals surface area contributed by atoms with E-state index in [1.54, 1.807) is 13.4 Å². The van der Waals surface area contributed by atoms with Crippen molar-refractivity contribution >= 4 is 5.96 Å². The van der Waals surface area contributed by atoms with Gasteiger partial charge in [-0.15, -0.1) is 0 Å². The van der Waals surface area contributed by atoms with Crippen molar-refractivity contribution < 1.29 is 9.15 Å². The summed E-state index contributed by atoms with van der Waals surface area (Å²) in [5.74, 6) is 1.86. The Labute approximate surface area is 115 Å². The largest absolute Gasteiger partial charge is 0.469 e. The molecule has 0 saturated heterocycles. The van der Waals surface area contributed by atoms with E-state index in [0.29, 0.717) is 0 Å². The average molecular weight is 267 g/mol. The molecule has 0 unspecified atom stereocenters. The second kappa shape index (κ2) is 10.4. The zero-order valence-electron chi connectivity index (χ0n) is 11.9. The lowest BCUT2D eigenvalue weighted by Crippen LogP contribution is -2.38. The van der Waals surface area contributed by atoms with Gasteiger partial charge in [0, 0.05) is 39.8 Å². The van der Waals surface area contributed by atoms with E-state index in [1.165, 1.54) is 0 Å². The van der Waals surface area contributed by atoms with Crippen molar-refractivity contribution in [2.24, 2.45) is 4.99 Å². The van der Waals surface area contributed by atoms with Crippen LogP contribution in [0.1, 0.15) is 25.5 Å². The first-order valence-corrected chi connectivity index (χ1v) is 6.90. The summed E-state index contributed by atoms with van der Waals surface area (Å²) in [5, 5.41) is 6.53. The molecule has 0 amide bonds. The van der Waals surface area contributed by atoms with E-state index in [1.807, 2.05) is 12.1 Å². The summed E-state index contributed by atoms with van der Waals surface area (Å²) < 4.78 is 10.3. The van der Waals surface area contributed by atoms with Crippen LogP contribution in [0.25, 0.3) is 0 Å². The van der Waals surface area contributed by atoms with Crippen LogP contribution in [0, 0.1) is 0 Å². The van der Waals surface area contributed by atoms with E-state index < -0.39 is 0 Å². The van der Waals surface area contributed by atoms with Gasteiger partial charge in [0.05, 0.1) is 6.26 Å². The number of ether oxygens (including phenoxy) is 1. The van der Waals surface area contributed by atoms with Crippen LogP contribution in [0.5, 0.6) is 0 Å². The number of aliphatic imine (C=N–C) groups is 1. The smallest absolute Gasteiger partial charge is 0.191 e. The van der Waals surface area contributed by atoms with Gasteiger partial charge in [0.2, 0.25) is 0 Å². The fourth-order valence-electron chi connectivity index (χ4n) is 1.65. The van der Waals surface area contributed by atoms with E-state index in [4.69, 9.17) is 9.15 Å². The van der Waals surface area contributed by atoms with Gasteiger partial charge >= 0.3 is 0 Å². The molecule has 0 aromatic carbocycles. The van der Waals surface area contributed by atoms with Crippen LogP contribution in [0.2, 0.25) is 0 Å². The maximum Gasteiger partial charge on any atom is 0.191 e. The highest BCUT2D eigenvalue weighted by molar-refractivity contribution is 5.79. The van der Waals surface area contributed by atoms with E-state index >= 15 is 0 Å². The fourth-order valence-corrected chi connectivity index (χ4v) is 1.65. The monoisotopic (exact) mass is 267 g/mol. The number of unbranched alkanes of at least 4 members (excludes halogenated alkanes) is 1. The normalized spacial score (nSPS) is 11.6. The number of hydrogen-bond donors (Lipinski definition) is 2. The summed E-state index contributed by atoms with van der Waals surface area (Å²) in [6, 6.07) is 3.89. The molecule has 1 aromatic rings. The van der Waals surface area contributed by atoms with Crippen LogP contribution in [-0.2, 0) is 11.2 Å². The number of methoxy groups -OCH3 is 1. The van der Waals surface area contributed by atoms with Crippen molar-refractivity contribution in [2.45, 2.75) is 26.2 Å². The molecule has 0 fully saturated rings. The second-order valence-electron chi connectivity index (χ2n) is 4.22. The standard InChI is InChI=1S/C14H25N3O2/c1-3-15-14(16-9-4-5-11-18-2)17-10-8-13-7-6-12-19-13/h6-7,12H,3-5,8-11H2,1-2H3,(H2,15,16,17). The Hall–Kier alpha value is -1.49. The summed E-state index contributed by atoms with van der Waals surface area (Å²) in [6.07, 6.45) is 4.65. The molecule has 0 radical (unpaired) electrons. The molecule has 0 aliphatic rings. The van der Waals surface area contributed by atoms with Gasteiger partial charge in [-0.2, -0.15) is 0 Å². The Morgan fingerprint density at radius 2 is 2.26 bits per heavy atom. The topological polar surface area (TPSA) is 58.8 Å². The lowest BCUT2D eigenvalue weighted by Gasteiger charge is -2.10. The number of nitrogens with one attached hydrogen (secondary N) is 2. The average Bonchev–Trinajstić information content (AvgIpc) is 2.91. The van der Waals surface area contributed by atoms with Gasteiger partial charge in [0.25, 0.3) is 0 Å². The van der Waals surface area contributed by atoms with Crippen molar-refractivity contribution in [3.8, 4) is 0 Å². The van der Waals surface area contributed by atoms with E-state index in [9.17, 15) is 0 Å². The van der Waals surface area contributed by atoms with Gasteiger partial charge < -0.3 is 19.8 Å². The summed E-state index contributed by atoms with van der Waals surface area (Å²) in [4.78, 5) is 4.51. The molecule has 0 spiro atoms. The molecule has 0 saturated carbocycles. The Morgan fingerprint density at radius 1 is 1.37 bits per heavy atom. The fraction of sp³-hybridized carbons (Fsp3) is 0.643. The predicted octanol–water partition coefficient (Wildman–Crippen LogP) is 1.80. The van der Waals surface area contributed by atoms with Crippen molar-refractivity contribution in [3.63, 3.8) is 0 Å². The first-order chi connectivity index (χ1) is 9.36. The Morgan fingerprint density at radius 3 is 2.95 bits per heavy atom. The van der Waals surface area contributed by atoms with E-state index in [2.05, 4.69) is 22.5 Å². The maximum atomic E-state index is 5.29. The van der Waals surface area contributed by atoms with Crippen molar-refractivity contribution in [2.75, 3.05) is 33.4 Å². The minimum absolute atomic E-state index is 0.804. The molecule has 108 valence electrons. The van der Waals surface area contributed by atoms with Gasteiger partial charge in [0.1, 0.15) is 5.76 Å². The minimum atomic E-state index is 0.804. The third-order valence-electron chi connectivity index (χ3n) is 2.61. The Bertz CT molecular complexity index is 336. The molecule has 1 aromatic heterocycles. The van der Waals surface area contributed by atoms with Crippen LogP contribution in [0.15, 0.2) is 27.8 Å². The van der Waals surface area contributed by atoms with E-state index in [-0.39, 0.29) is 0 Å². The Balaban J connectivity index is 2.20. The summed E-state index contributed by atoms with van der Waals surface area (Å²) in [7, 11) is 1.73. The Kier molecular flexibility index (Phi) is 8.55. The third kappa shape index (κ3) is 7.51. The predicted molar refractivity (Wildman–Crippen MR) is 77.5 cm³/mol. The maximum absolute atomic E-state index is 5.29. The molecular weight excluding hydrogens is 242 g/mol. The molecule has 0 bridgehead atoms. The van der Waals surface area contributed by atoms with Crippen molar-refractivity contribution in [3.05, 3.63) is 24.2 Å². The first-order valence-electron chi connectivity index (χ1n) is 6.90. The van der Waals surface area contributed by atoms with Gasteiger partial charge in [0.15, 0.2) is 5.96 Å². The molecule has 1 rings (SSSR count). The summed E-state index contributed by atoms with van der Waals surface area (Å²) in [6.45, 7) is 5.37. The summed E-state index contributed by atoms with van der Waals surface area (Å²) >= 11 is 0. The molecule has 5 nitrogen and oxygen atoms in total. The minimum Gasteiger partial charge on any atom is -0.469 e. The number of guanidine groups is 1. The van der Waals surface area contributed by atoms with Gasteiger partial charge in [-0.25, -0.2) is 0 Å². The number of rotatable bonds is 9. The second-order valence-corrected chi connectivity index (χ2v) is 4.22. The van der Waals surface area contributed by atoms with Gasteiger partial charge in [-0.3, -0.25) is 4.99 Å². The highest BCUT2D eigenvalue weighted by Gasteiger charge is 1.98. The molecular formula is C14H25N3O2. The highest BCUT2D eigenvalue weighted by atomic mass is 16.5. The van der Waals surface area contributed by atoms with E-state index in [0.717, 1.165) is 57.2 Å². The molecule has 19 heavy (non-hydrogen) atoms. The number of furan rings is 1. The SMILES string of the molecule is CCNC(=NCCCCOC)NCCc1ccco1. The number of nitrogens with zero attached hydrogens (tertiary/aromatic N) is 1.